The highest BCUT2D eigenvalue weighted by atomic mass is 127. The normalized spacial score (nSPS) is 11.0. The molecule has 6 nitrogen and oxygen atoms in total. The molecule has 0 aliphatic heterocycles. The zero-order chi connectivity index (χ0) is 19.6. The van der Waals surface area contributed by atoms with E-state index in [9.17, 15) is 4.79 Å². The van der Waals surface area contributed by atoms with Crippen molar-refractivity contribution in [3.05, 3.63) is 61.2 Å². The van der Waals surface area contributed by atoms with E-state index in [1.165, 1.54) is 0 Å². The van der Waals surface area contributed by atoms with E-state index in [0.29, 0.717) is 19.5 Å². The van der Waals surface area contributed by atoms with Crippen LogP contribution in [0, 0.1) is 24.3 Å². The molecule has 3 aromatic rings. The number of nitrogens with zero attached hydrogens (tertiary/aromatic N) is 4. The third-order valence-corrected chi connectivity index (χ3v) is 6.50. The molecular formula is C19H21BrIN5O. The van der Waals surface area contributed by atoms with Crippen LogP contribution < -0.4 is 5.32 Å². The molecule has 1 aromatic carbocycles. The maximum absolute atomic E-state index is 12.3. The van der Waals surface area contributed by atoms with Crippen molar-refractivity contribution in [3.63, 3.8) is 0 Å². The van der Waals surface area contributed by atoms with Crippen molar-refractivity contribution in [2.24, 2.45) is 0 Å². The second-order valence-corrected chi connectivity index (χ2v) is 8.42. The van der Waals surface area contributed by atoms with Gasteiger partial charge in [0.2, 0.25) is 5.91 Å². The van der Waals surface area contributed by atoms with Crippen LogP contribution in [0.2, 0.25) is 0 Å². The van der Waals surface area contributed by atoms with Crippen LogP contribution in [0.25, 0.3) is 0 Å². The van der Waals surface area contributed by atoms with Crippen molar-refractivity contribution in [1.29, 1.82) is 0 Å². The minimum atomic E-state index is -0.0239. The Morgan fingerprint density at radius 2 is 2.00 bits per heavy atom. The van der Waals surface area contributed by atoms with E-state index in [0.717, 1.165) is 36.4 Å². The lowest BCUT2D eigenvalue weighted by Crippen LogP contribution is -2.15. The van der Waals surface area contributed by atoms with E-state index in [1.54, 1.807) is 0 Å². The Morgan fingerprint density at radius 1 is 1.22 bits per heavy atom. The average Bonchev–Trinajstić information content (AvgIpc) is 3.07. The number of aromatic nitrogens is 4. The molecule has 0 unspecified atom stereocenters. The first-order valence-corrected chi connectivity index (χ1v) is 10.5. The van der Waals surface area contributed by atoms with Crippen LogP contribution in [0.3, 0.4) is 0 Å². The van der Waals surface area contributed by atoms with Gasteiger partial charge < -0.3 is 5.32 Å². The van der Waals surface area contributed by atoms with Crippen LogP contribution in [0.15, 0.2) is 34.9 Å². The number of carbonyl (C=O) groups excluding carboxylic acids is 1. The molecule has 0 spiro atoms. The molecular weight excluding hydrogens is 521 g/mol. The summed E-state index contributed by atoms with van der Waals surface area (Å²) in [6.45, 7) is 7.20. The minimum Gasteiger partial charge on any atom is -0.326 e. The van der Waals surface area contributed by atoms with Gasteiger partial charge in [0.15, 0.2) is 0 Å². The Hall–Kier alpha value is -1.68. The number of amides is 1. The molecule has 1 N–H and O–H groups in total. The number of aryl methyl sites for hydroxylation is 3. The van der Waals surface area contributed by atoms with Gasteiger partial charge in [0.1, 0.15) is 0 Å². The van der Waals surface area contributed by atoms with Gasteiger partial charge in [-0.05, 0) is 77.0 Å². The molecule has 0 aliphatic carbocycles. The fourth-order valence-electron chi connectivity index (χ4n) is 2.80. The SMILES string of the molecule is Cc1nn(CCC(=O)Nc2cccc(Cn3nc(C)c(Br)c3C)c2)cc1I. The highest BCUT2D eigenvalue weighted by Crippen LogP contribution is 2.21. The van der Waals surface area contributed by atoms with Gasteiger partial charge in [-0.3, -0.25) is 14.2 Å². The number of nitrogens with one attached hydrogen (secondary N) is 1. The van der Waals surface area contributed by atoms with E-state index in [2.05, 4.69) is 54.0 Å². The van der Waals surface area contributed by atoms with Crippen LogP contribution in [0.1, 0.15) is 29.1 Å². The molecule has 0 radical (unpaired) electrons. The van der Waals surface area contributed by atoms with Crippen molar-refractivity contribution >= 4 is 50.1 Å². The van der Waals surface area contributed by atoms with Gasteiger partial charge in [0.25, 0.3) is 0 Å². The quantitative estimate of drug-likeness (QED) is 0.469. The molecule has 0 bridgehead atoms. The second-order valence-electron chi connectivity index (χ2n) is 6.47. The number of benzene rings is 1. The highest BCUT2D eigenvalue weighted by Gasteiger charge is 2.10. The van der Waals surface area contributed by atoms with Crippen LogP contribution >= 0.6 is 38.5 Å². The number of halogens is 2. The minimum absolute atomic E-state index is 0.0239. The Bertz CT molecular complexity index is 959. The predicted octanol–water partition coefficient (Wildman–Crippen LogP) is 4.45. The van der Waals surface area contributed by atoms with Crippen molar-refractivity contribution < 1.29 is 4.79 Å². The summed E-state index contributed by atoms with van der Waals surface area (Å²) in [5.74, 6) is -0.0239. The largest absolute Gasteiger partial charge is 0.326 e. The third kappa shape index (κ3) is 4.98. The lowest BCUT2D eigenvalue weighted by Gasteiger charge is -2.09. The first-order chi connectivity index (χ1) is 12.8. The van der Waals surface area contributed by atoms with E-state index >= 15 is 0 Å². The molecule has 0 aliphatic rings. The monoisotopic (exact) mass is 541 g/mol. The summed E-state index contributed by atoms with van der Waals surface area (Å²) in [7, 11) is 0. The number of carbonyl (C=O) groups is 1. The smallest absolute Gasteiger partial charge is 0.226 e. The average molecular weight is 542 g/mol. The van der Waals surface area contributed by atoms with E-state index in [4.69, 9.17) is 0 Å². The Labute approximate surface area is 180 Å². The zero-order valence-corrected chi connectivity index (χ0v) is 19.2. The van der Waals surface area contributed by atoms with Gasteiger partial charge in [0, 0.05) is 24.8 Å². The van der Waals surface area contributed by atoms with Gasteiger partial charge >= 0.3 is 0 Å². The maximum Gasteiger partial charge on any atom is 0.226 e. The van der Waals surface area contributed by atoms with Gasteiger partial charge in [0.05, 0.1) is 31.7 Å². The van der Waals surface area contributed by atoms with Crippen LogP contribution in [0.5, 0.6) is 0 Å². The van der Waals surface area contributed by atoms with Gasteiger partial charge in [-0.15, -0.1) is 0 Å². The molecule has 0 atom stereocenters. The molecule has 0 saturated heterocycles. The van der Waals surface area contributed by atoms with Crippen molar-refractivity contribution in [2.45, 2.75) is 40.3 Å². The van der Waals surface area contributed by atoms with Crippen LogP contribution in [-0.4, -0.2) is 25.5 Å². The molecule has 0 fully saturated rings. The Kier molecular flexibility index (Phi) is 6.36. The summed E-state index contributed by atoms with van der Waals surface area (Å²) < 4.78 is 5.92. The van der Waals surface area contributed by atoms with Crippen molar-refractivity contribution in [3.8, 4) is 0 Å². The summed E-state index contributed by atoms with van der Waals surface area (Å²) in [5, 5.41) is 11.9. The molecule has 27 heavy (non-hydrogen) atoms. The zero-order valence-electron chi connectivity index (χ0n) is 15.5. The van der Waals surface area contributed by atoms with Gasteiger partial charge in [-0.25, -0.2) is 0 Å². The summed E-state index contributed by atoms with van der Waals surface area (Å²) in [5.41, 5.74) is 4.93. The van der Waals surface area contributed by atoms with E-state index in [-0.39, 0.29) is 5.91 Å². The maximum atomic E-state index is 12.3. The van der Waals surface area contributed by atoms with E-state index in [1.807, 2.05) is 60.6 Å². The molecule has 1 amide bonds. The first kappa shape index (κ1) is 20.1. The number of hydrogen-bond acceptors (Lipinski definition) is 3. The van der Waals surface area contributed by atoms with E-state index < -0.39 is 0 Å². The van der Waals surface area contributed by atoms with Gasteiger partial charge in [-0.1, -0.05) is 12.1 Å². The topological polar surface area (TPSA) is 64.7 Å². The lowest BCUT2D eigenvalue weighted by molar-refractivity contribution is -0.116. The molecule has 2 heterocycles. The number of anilines is 1. The standard InChI is InChI=1S/C19H21BrIN5O/c1-12-17(21)11-25(23-12)8-7-18(27)22-16-6-4-5-15(9-16)10-26-14(3)19(20)13(2)24-26/h4-6,9,11H,7-8,10H2,1-3H3,(H,22,27). The van der Waals surface area contributed by atoms with Gasteiger partial charge in [-0.2, -0.15) is 10.2 Å². The van der Waals surface area contributed by atoms with Crippen molar-refractivity contribution in [1.82, 2.24) is 19.6 Å². The summed E-state index contributed by atoms with van der Waals surface area (Å²) in [6.07, 6.45) is 2.34. The summed E-state index contributed by atoms with van der Waals surface area (Å²) in [6, 6.07) is 7.88. The second kappa shape index (κ2) is 8.55. The van der Waals surface area contributed by atoms with Crippen molar-refractivity contribution in [2.75, 3.05) is 5.32 Å². The number of rotatable bonds is 6. The lowest BCUT2D eigenvalue weighted by atomic mass is 10.2. The summed E-state index contributed by atoms with van der Waals surface area (Å²) in [4.78, 5) is 12.3. The molecule has 2 aromatic heterocycles. The van der Waals surface area contributed by atoms with Crippen LogP contribution in [0.4, 0.5) is 5.69 Å². The third-order valence-electron chi connectivity index (χ3n) is 4.29. The molecule has 8 heteroatoms. The Balaban J connectivity index is 1.61. The molecule has 3 rings (SSSR count). The molecule has 0 saturated carbocycles. The summed E-state index contributed by atoms with van der Waals surface area (Å²) >= 11 is 5.80. The van der Waals surface area contributed by atoms with Crippen LogP contribution in [-0.2, 0) is 17.9 Å². The fourth-order valence-corrected chi connectivity index (χ4v) is 3.51. The predicted molar refractivity (Wildman–Crippen MR) is 118 cm³/mol. The molecule has 142 valence electrons. The number of hydrogen-bond donors (Lipinski definition) is 1. The highest BCUT2D eigenvalue weighted by molar-refractivity contribution is 14.1. The first-order valence-electron chi connectivity index (χ1n) is 8.61. The Morgan fingerprint density at radius 3 is 2.63 bits per heavy atom. The fraction of sp³-hybridized carbons (Fsp3) is 0.316.